The van der Waals surface area contributed by atoms with Gasteiger partial charge in [0.2, 0.25) is 5.91 Å². The third kappa shape index (κ3) is 6.46. The molecule has 0 aliphatic carbocycles. The summed E-state index contributed by atoms with van der Waals surface area (Å²) in [5.74, 6) is 1.05. The smallest absolute Gasteiger partial charge is 0.250 e. The van der Waals surface area contributed by atoms with Crippen molar-refractivity contribution in [3.63, 3.8) is 0 Å². The zero-order chi connectivity index (χ0) is 21.2. The molecule has 2 N–H and O–H groups in total. The van der Waals surface area contributed by atoms with Gasteiger partial charge >= 0.3 is 0 Å². The van der Waals surface area contributed by atoms with E-state index >= 15 is 0 Å². The molecule has 0 aliphatic rings. The van der Waals surface area contributed by atoms with Gasteiger partial charge in [-0.2, -0.15) is 0 Å². The first-order chi connectivity index (χ1) is 14.6. The minimum atomic E-state index is -0.338. The van der Waals surface area contributed by atoms with Gasteiger partial charge in [0.1, 0.15) is 18.1 Å². The Morgan fingerprint density at radius 2 is 1.77 bits per heavy atom. The second-order valence-corrected chi connectivity index (χ2v) is 6.73. The lowest BCUT2D eigenvalue weighted by atomic mass is 10.2. The van der Waals surface area contributed by atoms with Gasteiger partial charge in [0.15, 0.2) is 5.11 Å². The van der Waals surface area contributed by atoms with E-state index in [1.807, 2.05) is 78.9 Å². The van der Waals surface area contributed by atoms with Crippen LogP contribution in [0.15, 0.2) is 84.9 Å². The van der Waals surface area contributed by atoms with Crippen molar-refractivity contribution in [1.29, 1.82) is 0 Å². The monoisotopic (exact) mass is 418 g/mol. The molecule has 0 fully saturated rings. The maximum absolute atomic E-state index is 12.2. The first-order valence-corrected chi connectivity index (χ1v) is 9.75. The van der Waals surface area contributed by atoms with Crippen LogP contribution in [0.25, 0.3) is 6.08 Å². The topological polar surface area (TPSA) is 59.6 Å². The van der Waals surface area contributed by atoms with Crippen LogP contribution in [-0.4, -0.2) is 18.1 Å². The highest BCUT2D eigenvalue weighted by Crippen LogP contribution is 2.19. The molecule has 0 unspecified atom stereocenters. The molecular weight excluding hydrogens is 396 g/mol. The Labute approximate surface area is 181 Å². The van der Waals surface area contributed by atoms with Crippen molar-refractivity contribution < 1.29 is 14.3 Å². The molecule has 3 rings (SSSR count). The first-order valence-electron chi connectivity index (χ1n) is 9.34. The normalized spacial score (nSPS) is 10.4. The summed E-state index contributed by atoms with van der Waals surface area (Å²) < 4.78 is 11.1. The number of anilines is 1. The van der Waals surface area contributed by atoms with Gasteiger partial charge in [0, 0.05) is 23.4 Å². The highest BCUT2D eigenvalue weighted by molar-refractivity contribution is 7.80. The standard InChI is InChI=1S/C24H22N2O3S/c1-28-22-13-6-5-10-19(22)14-15-23(27)26-24(30)25-20-11-7-12-21(16-20)29-17-18-8-3-2-4-9-18/h2-16H,17H2,1H3,(H2,25,26,27,30)/b15-14+. The molecular formula is C24H22N2O3S. The number of ether oxygens (including phenoxy) is 2. The highest BCUT2D eigenvalue weighted by Gasteiger charge is 2.04. The number of methoxy groups -OCH3 is 1. The van der Waals surface area contributed by atoms with Crippen LogP contribution in [0.2, 0.25) is 0 Å². The van der Waals surface area contributed by atoms with Gasteiger partial charge in [-0.3, -0.25) is 10.1 Å². The summed E-state index contributed by atoms with van der Waals surface area (Å²) >= 11 is 5.23. The lowest BCUT2D eigenvalue weighted by Gasteiger charge is -2.11. The van der Waals surface area contributed by atoms with E-state index in [0.717, 1.165) is 16.8 Å². The highest BCUT2D eigenvalue weighted by atomic mass is 32.1. The number of thiocarbonyl (C=S) groups is 1. The number of para-hydroxylation sites is 1. The van der Waals surface area contributed by atoms with E-state index in [0.29, 0.717) is 18.1 Å². The summed E-state index contributed by atoms with van der Waals surface area (Å²) in [5.41, 5.74) is 2.61. The van der Waals surface area contributed by atoms with Gasteiger partial charge in [0.25, 0.3) is 0 Å². The lowest BCUT2D eigenvalue weighted by Crippen LogP contribution is -2.32. The summed E-state index contributed by atoms with van der Waals surface area (Å²) in [6.45, 7) is 0.471. The SMILES string of the molecule is COc1ccccc1/C=C/C(=O)NC(=S)Nc1cccc(OCc2ccccc2)c1. The second-order valence-electron chi connectivity index (χ2n) is 6.32. The summed E-state index contributed by atoms with van der Waals surface area (Å²) in [5, 5.41) is 5.82. The maximum Gasteiger partial charge on any atom is 0.250 e. The van der Waals surface area contributed by atoms with Gasteiger partial charge in [-0.05, 0) is 42.1 Å². The van der Waals surface area contributed by atoms with Crippen molar-refractivity contribution in [2.45, 2.75) is 6.61 Å². The first kappa shape index (κ1) is 21.1. The summed E-state index contributed by atoms with van der Waals surface area (Å²) in [6, 6.07) is 24.7. The molecule has 3 aromatic carbocycles. The molecule has 0 heterocycles. The van der Waals surface area contributed by atoms with Gasteiger partial charge in [-0.15, -0.1) is 0 Å². The van der Waals surface area contributed by atoms with Crippen LogP contribution < -0.4 is 20.1 Å². The molecule has 0 aliphatic heterocycles. The van der Waals surface area contributed by atoms with E-state index in [1.54, 1.807) is 13.2 Å². The predicted octanol–water partition coefficient (Wildman–Crippen LogP) is 4.80. The summed E-state index contributed by atoms with van der Waals surface area (Å²) in [4.78, 5) is 12.2. The number of carbonyl (C=O) groups is 1. The number of rotatable bonds is 7. The van der Waals surface area contributed by atoms with Crippen LogP contribution in [0.3, 0.4) is 0 Å². The van der Waals surface area contributed by atoms with Crippen molar-refractivity contribution >= 4 is 35.0 Å². The Bertz CT molecular complexity index is 1040. The number of hydrogen-bond donors (Lipinski definition) is 2. The largest absolute Gasteiger partial charge is 0.496 e. The molecule has 3 aromatic rings. The van der Waals surface area contributed by atoms with E-state index in [1.165, 1.54) is 6.08 Å². The number of carbonyl (C=O) groups excluding carboxylic acids is 1. The van der Waals surface area contributed by atoms with Crippen LogP contribution in [0.5, 0.6) is 11.5 Å². The molecule has 30 heavy (non-hydrogen) atoms. The van der Waals surface area contributed by atoms with E-state index in [-0.39, 0.29) is 11.0 Å². The van der Waals surface area contributed by atoms with Crippen molar-refractivity contribution in [1.82, 2.24) is 5.32 Å². The summed E-state index contributed by atoms with van der Waals surface area (Å²) in [6.07, 6.45) is 3.08. The van der Waals surface area contributed by atoms with E-state index in [9.17, 15) is 4.79 Å². The van der Waals surface area contributed by atoms with Crippen LogP contribution in [0.1, 0.15) is 11.1 Å². The second kappa shape index (κ2) is 10.8. The van der Waals surface area contributed by atoms with Gasteiger partial charge < -0.3 is 14.8 Å². The number of benzene rings is 3. The average Bonchev–Trinajstić information content (AvgIpc) is 2.77. The van der Waals surface area contributed by atoms with Gasteiger partial charge in [0.05, 0.1) is 7.11 Å². The fourth-order valence-corrected chi connectivity index (χ4v) is 2.91. The van der Waals surface area contributed by atoms with Crippen molar-refractivity contribution in [3.8, 4) is 11.5 Å². The molecule has 0 saturated carbocycles. The number of hydrogen-bond acceptors (Lipinski definition) is 4. The van der Waals surface area contributed by atoms with E-state index in [2.05, 4.69) is 10.6 Å². The lowest BCUT2D eigenvalue weighted by molar-refractivity contribution is -0.115. The molecule has 0 atom stereocenters. The molecule has 0 saturated heterocycles. The molecule has 152 valence electrons. The van der Waals surface area contributed by atoms with Crippen molar-refractivity contribution in [2.24, 2.45) is 0 Å². The van der Waals surface area contributed by atoms with Gasteiger partial charge in [-0.1, -0.05) is 54.6 Å². The zero-order valence-corrected chi connectivity index (χ0v) is 17.3. The van der Waals surface area contributed by atoms with E-state index in [4.69, 9.17) is 21.7 Å². The molecule has 1 amide bonds. The molecule has 0 aromatic heterocycles. The molecule has 0 spiro atoms. The van der Waals surface area contributed by atoms with Crippen molar-refractivity contribution in [2.75, 3.05) is 12.4 Å². The third-order valence-corrected chi connectivity index (χ3v) is 4.33. The Hall–Kier alpha value is -3.64. The van der Waals surface area contributed by atoms with Crippen LogP contribution >= 0.6 is 12.2 Å². The minimum Gasteiger partial charge on any atom is -0.496 e. The Kier molecular flexibility index (Phi) is 7.58. The van der Waals surface area contributed by atoms with Crippen LogP contribution in [0.4, 0.5) is 5.69 Å². The molecule has 6 heteroatoms. The summed E-state index contributed by atoms with van der Waals surface area (Å²) in [7, 11) is 1.59. The predicted molar refractivity (Wildman–Crippen MR) is 124 cm³/mol. The fraction of sp³-hybridized carbons (Fsp3) is 0.0833. The molecule has 0 radical (unpaired) electrons. The minimum absolute atomic E-state index is 0.199. The Morgan fingerprint density at radius 3 is 2.57 bits per heavy atom. The van der Waals surface area contributed by atoms with Crippen LogP contribution in [-0.2, 0) is 11.4 Å². The third-order valence-electron chi connectivity index (χ3n) is 4.13. The quantitative estimate of drug-likeness (QED) is 0.426. The zero-order valence-electron chi connectivity index (χ0n) is 16.5. The Balaban J connectivity index is 1.53. The average molecular weight is 419 g/mol. The molecule has 5 nitrogen and oxygen atoms in total. The van der Waals surface area contributed by atoms with E-state index < -0.39 is 0 Å². The van der Waals surface area contributed by atoms with Gasteiger partial charge in [-0.25, -0.2) is 0 Å². The maximum atomic E-state index is 12.2. The molecule has 0 bridgehead atoms. The number of amides is 1. The number of nitrogens with one attached hydrogen (secondary N) is 2. The van der Waals surface area contributed by atoms with Crippen molar-refractivity contribution in [3.05, 3.63) is 96.1 Å². The fourth-order valence-electron chi connectivity index (χ4n) is 2.69. The van der Waals surface area contributed by atoms with Crippen LogP contribution in [0, 0.1) is 0 Å². The Morgan fingerprint density at radius 1 is 1.00 bits per heavy atom.